The lowest BCUT2D eigenvalue weighted by atomic mass is 10.1. The maximum Gasteiger partial charge on any atom is 0.0907 e. The van der Waals surface area contributed by atoms with E-state index in [1.165, 1.54) is 24.0 Å². The van der Waals surface area contributed by atoms with Gasteiger partial charge in [-0.2, -0.15) is 0 Å². The van der Waals surface area contributed by atoms with Crippen LogP contribution in [0.25, 0.3) is 0 Å². The van der Waals surface area contributed by atoms with Crippen molar-refractivity contribution in [3.8, 4) is 0 Å². The zero-order valence-electron chi connectivity index (χ0n) is 10.2. The van der Waals surface area contributed by atoms with Crippen LogP contribution in [-0.2, 0) is 6.42 Å². The van der Waals surface area contributed by atoms with Crippen molar-refractivity contribution in [2.75, 3.05) is 21.1 Å². The van der Waals surface area contributed by atoms with Crippen LogP contribution in [0.4, 0.5) is 5.69 Å². The molecule has 0 spiro atoms. The topological polar surface area (TPSA) is 27.6 Å². The van der Waals surface area contributed by atoms with Crippen LogP contribution in [0.2, 0.25) is 0 Å². The summed E-state index contributed by atoms with van der Waals surface area (Å²) in [5.74, 6) is 0. The van der Waals surface area contributed by atoms with E-state index in [0.29, 0.717) is 6.04 Å². The van der Waals surface area contributed by atoms with Crippen molar-refractivity contribution in [1.82, 2.24) is 10.2 Å². The van der Waals surface area contributed by atoms with E-state index in [2.05, 4.69) is 28.5 Å². The molecule has 0 saturated carbocycles. The molecule has 1 N–H and O–H groups in total. The average Bonchev–Trinajstić information content (AvgIpc) is 2.68. The molecule has 1 atom stereocenters. The van der Waals surface area contributed by atoms with Gasteiger partial charge in [-0.25, -0.2) is 4.99 Å². The van der Waals surface area contributed by atoms with Gasteiger partial charge < -0.3 is 10.2 Å². The van der Waals surface area contributed by atoms with Crippen LogP contribution in [0.5, 0.6) is 0 Å². The average molecular weight is 217 g/mol. The minimum Gasteiger partial charge on any atom is -0.369 e. The van der Waals surface area contributed by atoms with E-state index in [0.717, 1.165) is 5.69 Å². The van der Waals surface area contributed by atoms with E-state index < -0.39 is 0 Å². The highest BCUT2D eigenvalue weighted by molar-refractivity contribution is 5.61. The number of nitrogens with one attached hydrogen (secondary N) is 1. The Labute approximate surface area is 97.2 Å². The largest absolute Gasteiger partial charge is 0.369 e. The van der Waals surface area contributed by atoms with Crippen molar-refractivity contribution in [3.05, 3.63) is 29.3 Å². The smallest absolute Gasteiger partial charge is 0.0907 e. The van der Waals surface area contributed by atoms with Crippen LogP contribution in [0.15, 0.2) is 23.2 Å². The van der Waals surface area contributed by atoms with E-state index in [1.807, 2.05) is 32.4 Å². The van der Waals surface area contributed by atoms with E-state index >= 15 is 0 Å². The van der Waals surface area contributed by atoms with Gasteiger partial charge in [0.05, 0.1) is 12.0 Å². The quantitative estimate of drug-likeness (QED) is 0.620. The maximum atomic E-state index is 4.43. The Kier molecular flexibility index (Phi) is 3.25. The van der Waals surface area contributed by atoms with Gasteiger partial charge in [0, 0.05) is 20.1 Å². The summed E-state index contributed by atoms with van der Waals surface area (Å²) < 4.78 is 0. The van der Waals surface area contributed by atoms with Crippen LogP contribution < -0.4 is 5.32 Å². The second kappa shape index (κ2) is 4.66. The van der Waals surface area contributed by atoms with Gasteiger partial charge >= 0.3 is 0 Å². The summed E-state index contributed by atoms with van der Waals surface area (Å²) in [6.07, 6.45) is 4.22. The molecule has 0 amide bonds. The lowest BCUT2D eigenvalue weighted by Crippen LogP contribution is -2.12. The molecule has 1 aliphatic carbocycles. The van der Waals surface area contributed by atoms with Crippen LogP contribution in [-0.4, -0.2) is 32.4 Å². The summed E-state index contributed by atoms with van der Waals surface area (Å²) in [6.45, 7) is 0. The fourth-order valence-electron chi connectivity index (χ4n) is 2.15. The molecule has 0 aliphatic heterocycles. The number of fused-ring (bicyclic) bond motifs is 1. The van der Waals surface area contributed by atoms with Gasteiger partial charge in [0.1, 0.15) is 0 Å². The van der Waals surface area contributed by atoms with Gasteiger partial charge in [0.2, 0.25) is 0 Å². The molecule has 3 nitrogen and oxygen atoms in total. The first kappa shape index (κ1) is 11.1. The molecule has 0 bridgehead atoms. The molecule has 3 heteroatoms. The standard InChI is InChI=1S/C13H19N3/c1-14-13-7-5-10-4-6-11(8-12(10)13)15-9-16(2)3/h4,6,8-9,13-14H,5,7H2,1-3H3. The third kappa shape index (κ3) is 2.25. The van der Waals surface area contributed by atoms with E-state index in [1.54, 1.807) is 0 Å². The summed E-state index contributed by atoms with van der Waals surface area (Å²) in [5.41, 5.74) is 3.91. The van der Waals surface area contributed by atoms with Gasteiger partial charge in [-0.05, 0) is 43.1 Å². The molecule has 0 fully saturated rings. The second-order valence-corrected chi connectivity index (χ2v) is 4.47. The van der Waals surface area contributed by atoms with Crippen molar-refractivity contribution in [3.63, 3.8) is 0 Å². The Bertz CT molecular complexity index is 396. The molecule has 1 aromatic rings. The molecule has 0 radical (unpaired) electrons. The number of aryl methyl sites for hydroxylation is 1. The molecular weight excluding hydrogens is 198 g/mol. The van der Waals surface area contributed by atoms with Crippen LogP contribution in [0.1, 0.15) is 23.6 Å². The Morgan fingerprint density at radius 3 is 2.94 bits per heavy atom. The Morgan fingerprint density at radius 1 is 1.44 bits per heavy atom. The number of rotatable bonds is 3. The van der Waals surface area contributed by atoms with Crippen LogP contribution in [0.3, 0.4) is 0 Å². The Balaban J connectivity index is 2.25. The zero-order valence-corrected chi connectivity index (χ0v) is 10.2. The normalized spacial score (nSPS) is 19.1. The summed E-state index contributed by atoms with van der Waals surface area (Å²) in [5, 5.41) is 3.35. The minimum absolute atomic E-state index is 0.504. The Morgan fingerprint density at radius 2 is 2.25 bits per heavy atom. The second-order valence-electron chi connectivity index (χ2n) is 4.47. The first-order valence-electron chi connectivity index (χ1n) is 5.71. The highest BCUT2D eigenvalue weighted by Gasteiger charge is 2.20. The molecule has 1 aromatic carbocycles. The van der Waals surface area contributed by atoms with Crippen molar-refractivity contribution in [1.29, 1.82) is 0 Å². The monoisotopic (exact) mass is 217 g/mol. The number of aliphatic imine (C=N–C) groups is 1. The van der Waals surface area contributed by atoms with E-state index in [9.17, 15) is 0 Å². The van der Waals surface area contributed by atoms with Crippen LogP contribution in [0, 0.1) is 0 Å². The van der Waals surface area contributed by atoms with Gasteiger partial charge in [-0.15, -0.1) is 0 Å². The maximum absolute atomic E-state index is 4.43. The third-order valence-corrected chi connectivity index (χ3v) is 2.99. The predicted molar refractivity (Wildman–Crippen MR) is 68.4 cm³/mol. The van der Waals surface area contributed by atoms with Gasteiger partial charge in [-0.1, -0.05) is 6.07 Å². The van der Waals surface area contributed by atoms with Crippen molar-refractivity contribution in [2.24, 2.45) is 4.99 Å². The van der Waals surface area contributed by atoms with Gasteiger partial charge in [0.25, 0.3) is 0 Å². The summed E-state index contributed by atoms with van der Waals surface area (Å²) in [6, 6.07) is 7.00. The van der Waals surface area contributed by atoms with Gasteiger partial charge in [0.15, 0.2) is 0 Å². The molecule has 0 aromatic heterocycles. The molecule has 1 aliphatic rings. The lowest BCUT2D eigenvalue weighted by molar-refractivity contribution is 0.590. The number of benzene rings is 1. The van der Waals surface area contributed by atoms with Crippen LogP contribution >= 0.6 is 0 Å². The minimum atomic E-state index is 0.504. The third-order valence-electron chi connectivity index (χ3n) is 2.99. The predicted octanol–water partition coefficient (Wildman–Crippen LogP) is 2.11. The van der Waals surface area contributed by atoms with E-state index in [-0.39, 0.29) is 0 Å². The summed E-state index contributed by atoms with van der Waals surface area (Å²) in [4.78, 5) is 6.37. The number of nitrogens with zero attached hydrogens (tertiary/aromatic N) is 2. The fraction of sp³-hybridized carbons (Fsp3) is 0.462. The SMILES string of the molecule is CNC1CCc2ccc(N=CN(C)C)cc21. The first-order chi connectivity index (χ1) is 7.70. The molecule has 0 heterocycles. The van der Waals surface area contributed by atoms with E-state index in [4.69, 9.17) is 0 Å². The summed E-state index contributed by atoms with van der Waals surface area (Å²) in [7, 11) is 5.98. The first-order valence-corrected chi connectivity index (χ1v) is 5.71. The molecule has 86 valence electrons. The summed E-state index contributed by atoms with van der Waals surface area (Å²) >= 11 is 0. The number of hydrogen-bond donors (Lipinski definition) is 1. The molecule has 2 rings (SSSR count). The van der Waals surface area contributed by atoms with Crippen molar-refractivity contribution >= 4 is 12.0 Å². The lowest BCUT2D eigenvalue weighted by Gasteiger charge is -2.10. The van der Waals surface area contributed by atoms with Crippen molar-refractivity contribution < 1.29 is 0 Å². The van der Waals surface area contributed by atoms with Crippen molar-refractivity contribution in [2.45, 2.75) is 18.9 Å². The fourth-order valence-corrected chi connectivity index (χ4v) is 2.15. The zero-order chi connectivity index (χ0) is 11.5. The highest BCUT2D eigenvalue weighted by Crippen LogP contribution is 2.33. The Hall–Kier alpha value is -1.35. The molecule has 1 unspecified atom stereocenters. The number of hydrogen-bond acceptors (Lipinski definition) is 2. The molecule has 16 heavy (non-hydrogen) atoms. The molecular formula is C13H19N3. The highest BCUT2D eigenvalue weighted by atomic mass is 15.1. The van der Waals surface area contributed by atoms with Gasteiger partial charge in [-0.3, -0.25) is 0 Å². The molecule has 0 saturated heterocycles.